The van der Waals surface area contributed by atoms with Crippen LogP contribution >= 0.6 is 23.0 Å². The van der Waals surface area contributed by atoms with E-state index in [1.54, 1.807) is 24.3 Å². The first-order valence-electron chi connectivity index (χ1n) is 9.27. The number of nitrogens with zero attached hydrogens (tertiary/aromatic N) is 1. The van der Waals surface area contributed by atoms with Gasteiger partial charge in [-0.05, 0) is 61.1 Å². The summed E-state index contributed by atoms with van der Waals surface area (Å²) in [6, 6.07) is 10.8. The molecule has 0 aromatic heterocycles. The van der Waals surface area contributed by atoms with Crippen molar-refractivity contribution in [2.45, 2.75) is 18.9 Å². The minimum absolute atomic E-state index is 0.0125. The zero-order valence-corrected chi connectivity index (χ0v) is 17.3. The first kappa shape index (κ1) is 19.6. The summed E-state index contributed by atoms with van der Waals surface area (Å²) in [6.45, 7) is 2.14. The van der Waals surface area contributed by atoms with Crippen molar-refractivity contribution in [3.05, 3.63) is 59.7 Å². The molecule has 0 spiro atoms. The summed E-state index contributed by atoms with van der Waals surface area (Å²) in [5, 5.41) is 0. The summed E-state index contributed by atoms with van der Waals surface area (Å²) >= 11 is 1.81. The molecule has 2 aliphatic rings. The molecule has 0 unspecified atom stereocenters. The topological polar surface area (TPSA) is 38.8 Å². The number of Topliss-reactive ketones (excluding diaryl/α,β-unsaturated/α-hetero) is 1. The monoisotopic (exact) mass is 499 g/mol. The Balaban J connectivity index is 1.28. The number of likely N-dealkylation sites (tertiary alicyclic amines) is 1. The largest absolute Gasteiger partial charge is 0.490 e. The second-order valence-corrected chi connectivity index (χ2v) is 7.97. The van der Waals surface area contributed by atoms with Crippen molar-refractivity contribution < 1.29 is 21.4 Å². The molecule has 2 aromatic carbocycles. The van der Waals surface area contributed by atoms with Crippen molar-refractivity contribution >= 4 is 28.8 Å². The van der Waals surface area contributed by atoms with Crippen molar-refractivity contribution in [2.75, 3.05) is 19.6 Å². The van der Waals surface area contributed by atoms with Crippen LogP contribution in [0.4, 0.5) is 8.78 Å². The van der Waals surface area contributed by atoms with Gasteiger partial charge in [-0.3, -0.25) is 9.69 Å². The van der Waals surface area contributed by atoms with Crippen molar-refractivity contribution in [1.29, 1.82) is 0 Å². The number of rotatable bonds is 6. The molecule has 1 heterocycles. The Morgan fingerprint density at radius 3 is 2.25 bits per heavy atom. The lowest BCUT2D eigenvalue weighted by molar-refractivity contribution is 0.0936. The minimum Gasteiger partial charge on any atom is -0.490 e. The molecule has 7 heteroatoms. The number of hydrogen-bond donors (Lipinski definition) is 0. The molecule has 0 bridgehead atoms. The van der Waals surface area contributed by atoms with Gasteiger partial charge in [0.25, 0.3) is 0 Å². The summed E-state index contributed by atoms with van der Waals surface area (Å²) in [5.74, 6) is 0.381. The van der Waals surface area contributed by atoms with E-state index < -0.39 is 11.6 Å². The summed E-state index contributed by atoms with van der Waals surface area (Å²) in [4.78, 5) is 14.7. The lowest BCUT2D eigenvalue weighted by Crippen LogP contribution is -2.30. The fourth-order valence-corrected chi connectivity index (χ4v) is 4.59. The predicted molar refractivity (Wildman–Crippen MR) is 109 cm³/mol. The first-order valence-corrected chi connectivity index (χ1v) is 10.2. The molecule has 1 saturated heterocycles. The SMILES string of the molecule is O=C(CN1C[C@H]2C[C@H](Oc3ccc(F)c(F)c3)C[C@H]2C1)c1ccc(OI)cc1. The van der Waals surface area contributed by atoms with Gasteiger partial charge in [0.1, 0.15) is 11.5 Å². The van der Waals surface area contributed by atoms with Gasteiger partial charge in [-0.1, -0.05) is 0 Å². The molecule has 0 amide bonds. The van der Waals surface area contributed by atoms with Crippen LogP contribution < -0.4 is 7.80 Å². The third-order valence-corrected chi connectivity index (χ3v) is 6.12. The summed E-state index contributed by atoms with van der Waals surface area (Å²) in [6.07, 6.45) is 1.75. The number of carbonyl (C=O) groups is 1. The lowest BCUT2D eigenvalue weighted by Gasteiger charge is -2.19. The maximum atomic E-state index is 13.3. The maximum absolute atomic E-state index is 13.3. The summed E-state index contributed by atoms with van der Waals surface area (Å²) < 4.78 is 37.3. The molecule has 1 saturated carbocycles. The Morgan fingerprint density at radius 1 is 1.00 bits per heavy atom. The second kappa shape index (κ2) is 8.32. The Kier molecular flexibility index (Phi) is 5.82. The van der Waals surface area contributed by atoms with Crippen molar-refractivity contribution in [2.24, 2.45) is 11.8 Å². The molecule has 0 radical (unpaired) electrons. The molecule has 3 atom stereocenters. The van der Waals surface area contributed by atoms with E-state index in [4.69, 9.17) is 7.80 Å². The standard InChI is InChI=1S/C21H20F2INO3/c22-19-6-5-17(9-20(19)23)27-18-7-14-10-25(11-15(14)8-18)12-21(26)13-1-3-16(28-24)4-2-13/h1-6,9,14-15,18H,7-8,10-12H2/t14-,15+,18+. The van der Waals surface area contributed by atoms with E-state index in [0.717, 1.165) is 43.8 Å². The molecule has 148 valence electrons. The van der Waals surface area contributed by atoms with Gasteiger partial charge in [-0.2, -0.15) is 0 Å². The van der Waals surface area contributed by atoms with Crippen LogP contribution in [-0.2, 0) is 0 Å². The van der Waals surface area contributed by atoms with E-state index >= 15 is 0 Å². The van der Waals surface area contributed by atoms with Crippen LogP contribution in [0.25, 0.3) is 0 Å². The number of halogens is 3. The number of benzene rings is 2. The van der Waals surface area contributed by atoms with Gasteiger partial charge in [-0.15, -0.1) is 0 Å². The van der Waals surface area contributed by atoms with Gasteiger partial charge >= 0.3 is 0 Å². The average molecular weight is 499 g/mol. The molecule has 4 nitrogen and oxygen atoms in total. The maximum Gasteiger partial charge on any atom is 0.192 e. The predicted octanol–water partition coefficient (Wildman–Crippen LogP) is 4.67. The third kappa shape index (κ3) is 4.30. The normalized spacial score (nSPS) is 24.2. The highest BCUT2D eigenvalue weighted by atomic mass is 127. The van der Waals surface area contributed by atoms with Gasteiger partial charge in [0.2, 0.25) is 0 Å². The number of ketones is 1. The van der Waals surface area contributed by atoms with Crippen LogP contribution in [-0.4, -0.2) is 36.4 Å². The Labute approximate surface area is 176 Å². The number of ether oxygens (including phenoxy) is 1. The number of hydrogen-bond acceptors (Lipinski definition) is 4. The van der Waals surface area contributed by atoms with E-state index in [1.165, 1.54) is 6.07 Å². The summed E-state index contributed by atoms with van der Waals surface area (Å²) in [7, 11) is 0. The average Bonchev–Trinajstić information content (AvgIpc) is 3.22. The second-order valence-electron chi connectivity index (χ2n) is 7.53. The van der Waals surface area contributed by atoms with E-state index in [-0.39, 0.29) is 11.9 Å². The number of carbonyl (C=O) groups excluding carboxylic acids is 1. The van der Waals surface area contributed by atoms with E-state index in [0.29, 0.717) is 29.7 Å². The van der Waals surface area contributed by atoms with Crippen LogP contribution in [0.5, 0.6) is 11.5 Å². The van der Waals surface area contributed by atoms with Crippen molar-refractivity contribution in [3.8, 4) is 11.5 Å². The van der Waals surface area contributed by atoms with Crippen LogP contribution in [0.2, 0.25) is 0 Å². The van der Waals surface area contributed by atoms with Crippen LogP contribution in [0, 0.1) is 23.5 Å². The molecule has 2 aromatic rings. The van der Waals surface area contributed by atoms with Gasteiger partial charge in [0.05, 0.1) is 12.6 Å². The summed E-state index contributed by atoms with van der Waals surface area (Å²) in [5.41, 5.74) is 0.689. The van der Waals surface area contributed by atoms with Crippen molar-refractivity contribution in [1.82, 2.24) is 4.90 Å². The lowest BCUT2D eigenvalue weighted by atomic mass is 10.0. The fraction of sp³-hybridized carbons (Fsp3) is 0.381. The molecule has 1 aliphatic heterocycles. The highest BCUT2D eigenvalue weighted by Gasteiger charge is 2.42. The molecule has 2 fully saturated rings. The van der Waals surface area contributed by atoms with Gasteiger partial charge in [-0.25, -0.2) is 8.78 Å². The number of fused-ring (bicyclic) bond motifs is 1. The van der Waals surface area contributed by atoms with Crippen molar-refractivity contribution in [3.63, 3.8) is 0 Å². The van der Waals surface area contributed by atoms with Crippen LogP contribution in [0.1, 0.15) is 23.2 Å². The highest BCUT2D eigenvalue weighted by molar-refractivity contribution is 14.1. The third-order valence-electron chi connectivity index (χ3n) is 5.61. The quantitative estimate of drug-likeness (QED) is 0.428. The van der Waals surface area contributed by atoms with Crippen LogP contribution in [0.15, 0.2) is 42.5 Å². The zero-order chi connectivity index (χ0) is 19.7. The molecule has 28 heavy (non-hydrogen) atoms. The van der Waals surface area contributed by atoms with E-state index in [9.17, 15) is 13.6 Å². The molecular formula is C21H20F2INO3. The Morgan fingerprint density at radius 2 is 1.64 bits per heavy atom. The Bertz CT molecular complexity index is 847. The fourth-order valence-electron chi connectivity index (χ4n) is 4.30. The molecule has 0 N–H and O–H groups in total. The minimum atomic E-state index is -0.890. The first-order chi connectivity index (χ1) is 13.5. The molecule has 4 rings (SSSR count). The Hall–Kier alpha value is -1.74. The van der Waals surface area contributed by atoms with Gasteiger partial charge in [0.15, 0.2) is 40.4 Å². The molecule has 1 aliphatic carbocycles. The smallest absolute Gasteiger partial charge is 0.192 e. The molecular weight excluding hydrogens is 479 g/mol. The van der Waals surface area contributed by atoms with Gasteiger partial charge < -0.3 is 7.80 Å². The zero-order valence-electron chi connectivity index (χ0n) is 15.1. The highest BCUT2D eigenvalue weighted by Crippen LogP contribution is 2.39. The van der Waals surface area contributed by atoms with E-state index in [1.807, 2.05) is 23.0 Å². The van der Waals surface area contributed by atoms with Crippen LogP contribution in [0.3, 0.4) is 0 Å². The van der Waals surface area contributed by atoms with E-state index in [2.05, 4.69) is 4.90 Å². The van der Waals surface area contributed by atoms with Gasteiger partial charge in [0, 0.05) is 24.7 Å².